The van der Waals surface area contributed by atoms with Crippen molar-refractivity contribution in [3.05, 3.63) is 29.3 Å². The van der Waals surface area contributed by atoms with Crippen LogP contribution in [0.5, 0.6) is 0 Å². The van der Waals surface area contributed by atoms with Crippen molar-refractivity contribution >= 4 is 27.5 Å². The second-order valence-electron chi connectivity index (χ2n) is 5.05. The molecule has 0 bridgehead atoms. The number of hydrogen-bond donors (Lipinski definition) is 0. The first-order chi connectivity index (χ1) is 9.79. The number of methoxy groups -OCH3 is 1. The number of para-hydroxylation sites is 1. The van der Waals surface area contributed by atoms with Crippen LogP contribution in [0.1, 0.15) is 30.3 Å². The number of likely N-dealkylation sites (tertiary alicyclic amines) is 1. The third kappa shape index (κ3) is 2.55. The lowest BCUT2D eigenvalue weighted by Crippen LogP contribution is -2.40. The molecule has 0 aliphatic carbocycles. The van der Waals surface area contributed by atoms with Crippen LogP contribution in [0.15, 0.2) is 24.3 Å². The summed E-state index contributed by atoms with van der Waals surface area (Å²) in [4.78, 5) is 18.8. The van der Waals surface area contributed by atoms with Crippen molar-refractivity contribution in [1.82, 2.24) is 9.88 Å². The minimum atomic E-state index is 0.0662. The Balaban J connectivity index is 1.90. The van der Waals surface area contributed by atoms with Crippen LogP contribution in [0, 0.1) is 0 Å². The predicted molar refractivity (Wildman–Crippen MR) is 79.8 cm³/mol. The van der Waals surface area contributed by atoms with Crippen molar-refractivity contribution in [2.45, 2.75) is 25.3 Å². The number of amides is 1. The molecule has 1 aromatic heterocycles. The number of nitrogens with zero attached hydrogens (tertiary/aromatic N) is 2. The molecule has 1 atom stereocenters. The summed E-state index contributed by atoms with van der Waals surface area (Å²) in [5.74, 6) is 0.0662. The summed E-state index contributed by atoms with van der Waals surface area (Å²) in [6.45, 7) is 0.962. The number of carbonyl (C=O) groups is 1. The summed E-state index contributed by atoms with van der Waals surface area (Å²) in [6.07, 6.45) is 3.21. The standard InChI is InChI=1S/C15H18N2O2S/c1-19-10-14(18)17-9-5-4-7-12(17)15-16-11-6-2-3-8-13(11)20-15/h2-3,6,8,12H,4-5,7,9-10H2,1H3/t12-/m0/s1. The zero-order chi connectivity index (χ0) is 13.9. The molecule has 0 N–H and O–H groups in total. The number of fused-ring (bicyclic) bond motifs is 1. The SMILES string of the molecule is COCC(=O)N1CCCC[C@H]1c1nc2ccccc2s1. The van der Waals surface area contributed by atoms with E-state index in [1.54, 1.807) is 18.4 Å². The Hall–Kier alpha value is -1.46. The molecule has 0 unspecified atom stereocenters. The Labute approximate surface area is 122 Å². The van der Waals surface area contributed by atoms with Gasteiger partial charge in [0.25, 0.3) is 0 Å². The molecule has 0 radical (unpaired) electrons. The van der Waals surface area contributed by atoms with Gasteiger partial charge >= 0.3 is 0 Å². The Morgan fingerprint density at radius 2 is 2.30 bits per heavy atom. The summed E-state index contributed by atoms with van der Waals surface area (Å²) in [5, 5.41) is 1.05. The van der Waals surface area contributed by atoms with E-state index in [-0.39, 0.29) is 18.6 Å². The molecule has 4 nitrogen and oxygen atoms in total. The Morgan fingerprint density at radius 1 is 1.45 bits per heavy atom. The van der Waals surface area contributed by atoms with Crippen LogP contribution < -0.4 is 0 Å². The monoisotopic (exact) mass is 290 g/mol. The van der Waals surface area contributed by atoms with Crippen LogP contribution in [0.4, 0.5) is 0 Å². The van der Waals surface area contributed by atoms with Crippen molar-refractivity contribution in [2.75, 3.05) is 20.3 Å². The molecule has 1 saturated heterocycles. The molecule has 1 aromatic carbocycles. The quantitative estimate of drug-likeness (QED) is 0.872. The number of thiazole rings is 1. The molecule has 0 saturated carbocycles. The Kier molecular flexibility index (Phi) is 3.98. The molecule has 2 aromatic rings. The second kappa shape index (κ2) is 5.89. The molecular weight excluding hydrogens is 272 g/mol. The molecule has 20 heavy (non-hydrogen) atoms. The first-order valence-electron chi connectivity index (χ1n) is 6.93. The van der Waals surface area contributed by atoms with Gasteiger partial charge in [-0.15, -0.1) is 11.3 Å². The van der Waals surface area contributed by atoms with Crippen molar-refractivity contribution in [3.63, 3.8) is 0 Å². The third-order valence-electron chi connectivity index (χ3n) is 3.69. The highest BCUT2D eigenvalue weighted by atomic mass is 32.1. The predicted octanol–water partition coefficient (Wildman–Crippen LogP) is 3.00. The average Bonchev–Trinajstić information content (AvgIpc) is 2.91. The van der Waals surface area contributed by atoms with Crippen LogP contribution >= 0.6 is 11.3 Å². The van der Waals surface area contributed by atoms with Crippen LogP contribution in [0.2, 0.25) is 0 Å². The van der Waals surface area contributed by atoms with Crippen LogP contribution in [0.25, 0.3) is 10.2 Å². The van der Waals surface area contributed by atoms with Gasteiger partial charge < -0.3 is 9.64 Å². The van der Waals surface area contributed by atoms with E-state index in [2.05, 4.69) is 6.07 Å². The smallest absolute Gasteiger partial charge is 0.249 e. The van der Waals surface area contributed by atoms with Crippen molar-refractivity contribution in [1.29, 1.82) is 0 Å². The average molecular weight is 290 g/mol. The number of benzene rings is 1. The van der Waals surface area contributed by atoms with Gasteiger partial charge in [-0.25, -0.2) is 4.98 Å². The maximum Gasteiger partial charge on any atom is 0.249 e. The van der Waals surface area contributed by atoms with Crippen molar-refractivity contribution in [2.24, 2.45) is 0 Å². The summed E-state index contributed by atoms with van der Waals surface area (Å²) >= 11 is 1.70. The number of aromatic nitrogens is 1. The lowest BCUT2D eigenvalue weighted by atomic mass is 10.0. The van der Waals surface area contributed by atoms with E-state index in [1.807, 2.05) is 23.1 Å². The largest absolute Gasteiger partial charge is 0.375 e. The van der Waals surface area contributed by atoms with E-state index in [4.69, 9.17) is 9.72 Å². The van der Waals surface area contributed by atoms with E-state index < -0.39 is 0 Å². The molecule has 106 valence electrons. The highest BCUT2D eigenvalue weighted by Gasteiger charge is 2.29. The molecule has 5 heteroatoms. The van der Waals surface area contributed by atoms with E-state index >= 15 is 0 Å². The van der Waals surface area contributed by atoms with Gasteiger partial charge in [0.2, 0.25) is 5.91 Å². The lowest BCUT2D eigenvalue weighted by Gasteiger charge is -2.34. The maximum absolute atomic E-state index is 12.2. The number of carbonyl (C=O) groups excluding carboxylic acids is 1. The van der Waals surface area contributed by atoms with E-state index in [9.17, 15) is 4.79 Å². The maximum atomic E-state index is 12.2. The van der Waals surface area contributed by atoms with Gasteiger partial charge in [0.15, 0.2) is 0 Å². The Bertz CT molecular complexity index is 578. The Morgan fingerprint density at radius 3 is 3.10 bits per heavy atom. The van der Waals surface area contributed by atoms with Gasteiger partial charge in [0, 0.05) is 13.7 Å². The molecule has 2 heterocycles. The molecule has 1 aliphatic heterocycles. The van der Waals surface area contributed by atoms with Gasteiger partial charge in [0.1, 0.15) is 11.6 Å². The van der Waals surface area contributed by atoms with Gasteiger partial charge in [-0.1, -0.05) is 12.1 Å². The molecular formula is C15H18N2O2S. The molecule has 1 amide bonds. The number of hydrogen-bond acceptors (Lipinski definition) is 4. The lowest BCUT2D eigenvalue weighted by molar-refractivity contribution is -0.139. The van der Waals surface area contributed by atoms with Crippen LogP contribution in [-0.2, 0) is 9.53 Å². The number of rotatable bonds is 3. The summed E-state index contributed by atoms with van der Waals surface area (Å²) in [7, 11) is 1.56. The fourth-order valence-electron chi connectivity index (χ4n) is 2.73. The normalized spacial score (nSPS) is 19.4. The third-order valence-corrected chi connectivity index (χ3v) is 4.82. The first-order valence-corrected chi connectivity index (χ1v) is 7.75. The topological polar surface area (TPSA) is 42.4 Å². The highest BCUT2D eigenvalue weighted by molar-refractivity contribution is 7.18. The molecule has 1 fully saturated rings. The zero-order valence-electron chi connectivity index (χ0n) is 11.5. The van der Waals surface area contributed by atoms with Crippen molar-refractivity contribution in [3.8, 4) is 0 Å². The van der Waals surface area contributed by atoms with Gasteiger partial charge in [-0.2, -0.15) is 0 Å². The fourth-order valence-corrected chi connectivity index (χ4v) is 3.84. The van der Waals surface area contributed by atoms with Gasteiger partial charge in [-0.05, 0) is 31.4 Å². The first kappa shape index (κ1) is 13.5. The van der Waals surface area contributed by atoms with Gasteiger partial charge in [-0.3, -0.25) is 4.79 Å². The highest BCUT2D eigenvalue weighted by Crippen LogP contribution is 2.35. The molecule has 0 spiro atoms. The molecule has 3 rings (SSSR count). The van der Waals surface area contributed by atoms with Crippen molar-refractivity contribution < 1.29 is 9.53 Å². The summed E-state index contributed by atoms with van der Waals surface area (Å²) in [6, 6.07) is 8.25. The van der Waals surface area contributed by atoms with E-state index in [0.29, 0.717) is 0 Å². The van der Waals surface area contributed by atoms with Crippen LogP contribution in [0.3, 0.4) is 0 Å². The summed E-state index contributed by atoms with van der Waals surface area (Å²) < 4.78 is 6.18. The minimum Gasteiger partial charge on any atom is -0.375 e. The zero-order valence-corrected chi connectivity index (χ0v) is 12.4. The second-order valence-corrected chi connectivity index (χ2v) is 6.11. The van der Waals surface area contributed by atoms with E-state index in [1.165, 1.54) is 4.70 Å². The minimum absolute atomic E-state index is 0.0662. The summed E-state index contributed by atoms with van der Waals surface area (Å²) in [5.41, 5.74) is 1.03. The van der Waals surface area contributed by atoms with E-state index in [0.717, 1.165) is 36.3 Å². The fraction of sp³-hybridized carbons (Fsp3) is 0.467. The number of piperidine rings is 1. The molecule has 1 aliphatic rings. The number of ether oxygens (including phenoxy) is 1. The van der Waals surface area contributed by atoms with Crippen LogP contribution in [-0.4, -0.2) is 36.1 Å². The van der Waals surface area contributed by atoms with Gasteiger partial charge in [0.05, 0.1) is 16.3 Å².